The summed E-state index contributed by atoms with van der Waals surface area (Å²) < 4.78 is 34.0. The third-order valence-electron chi connectivity index (χ3n) is 2.75. The van der Waals surface area contributed by atoms with Gasteiger partial charge in [-0.05, 0) is 13.0 Å². The number of aliphatic hydroxyl groups is 1. The molecule has 0 radical (unpaired) electrons. The summed E-state index contributed by atoms with van der Waals surface area (Å²) in [7, 11) is -2.40. The fraction of sp³-hybridized carbons (Fsp3) is 0.500. The van der Waals surface area contributed by atoms with Crippen LogP contribution in [0.25, 0.3) is 0 Å². The van der Waals surface area contributed by atoms with Crippen molar-refractivity contribution in [2.75, 3.05) is 12.9 Å². The van der Waals surface area contributed by atoms with Crippen LogP contribution in [0.5, 0.6) is 11.5 Å². The standard InChI is InChI=1S/C12H17NO7S/c1-4-21(17,18)12(8(2)14)20-10-6-5-9(13(15)16)7-11(10)19-3/h5-8,12,14H,4H2,1-3H3. The van der Waals surface area contributed by atoms with Crippen molar-refractivity contribution in [2.24, 2.45) is 0 Å². The minimum absolute atomic E-state index is 0.00558. The fourth-order valence-corrected chi connectivity index (χ4v) is 2.81. The molecule has 0 saturated heterocycles. The van der Waals surface area contributed by atoms with Crippen LogP contribution < -0.4 is 9.47 Å². The number of ether oxygens (including phenoxy) is 2. The molecule has 0 bridgehead atoms. The predicted molar refractivity (Wildman–Crippen MR) is 75.2 cm³/mol. The SMILES string of the molecule is CCS(=O)(=O)C(Oc1ccc([N+](=O)[O-])cc1OC)C(C)O. The maximum Gasteiger partial charge on any atom is 0.273 e. The molecule has 118 valence electrons. The van der Waals surface area contributed by atoms with Crippen molar-refractivity contribution < 1.29 is 27.9 Å². The molecule has 1 N–H and O–H groups in total. The van der Waals surface area contributed by atoms with Crippen LogP contribution in [0.2, 0.25) is 0 Å². The molecular weight excluding hydrogens is 302 g/mol. The molecule has 0 spiro atoms. The van der Waals surface area contributed by atoms with Crippen LogP contribution in [-0.4, -0.2) is 42.9 Å². The minimum atomic E-state index is -3.67. The summed E-state index contributed by atoms with van der Waals surface area (Å²) in [6.07, 6.45) is -1.27. The number of nitrogens with zero attached hydrogens (tertiary/aromatic N) is 1. The first kappa shape index (κ1) is 17.2. The van der Waals surface area contributed by atoms with E-state index in [2.05, 4.69) is 0 Å². The number of rotatable bonds is 7. The van der Waals surface area contributed by atoms with Gasteiger partial charge in [0, 0.05) is 6.07 Å². The van der Waals surface area contributed by atoms with E-state index in [0.717, 1.165) is 12.1 Å². The Morgan fingerprint density at radius 3 is 2.43 bits per heavy atom. The molecule has 0 saturated carbocycles. The van der Waals surface area contributed by atoms with Crippen LogP contribution >= 0.6 is 0 Å². The Balaban J connectivity index is 3.18. The van der Waals surface area contributed by atoms with E-state index < -0.39 is 26.3 Å². The molecule has 0 fully saturated rings. The molecule has 1 aromatic rings. The Morgan fingerprint density at radius 2 is 2.00 bits per heavy atom. The average molecular weight is 319 g/mol. The Kier molecular flexibility index (Phi) is 5.50. The molecule has 0 aliphatic heterocycles. The van der Waals surface area contributed by atoms with E-state index in [-0.39, 0.29) is 22.9 Å². The van der Waals surface area contributed by atoms with Crippen LogP contribution in [0.3, 0.4) is 0 Å². The van der Waals surface area contributed by atoms with E-state index in [9.17, 15) is 23.6 Å². The van der Waals surface area contributed by atoms with Crippen molar-refractivity contribution in [2.45, 2.75) is 25.4 Å². The van der Waals surface area contributed by atoms with Crippen molar-refractivity contribution in [1.29, 1.82) is 0 Å². The second kappa shape index (κ2) is 6.72. The Labute approximate surface area is 122 Å². The zero-order valence-corrected chi connectivity index (χ0v) is 12.7. The quantitative estimate of drug-likeness (QED) is 0.591. The number of nitro benzene ring substituents is 1. The maximum atomic E-state index is 11.9. The highest BCUT2D eigenvalue weighted by atomic mass is 32.2. The first-order chi connectivity index (χ1) is 9.72. The van der Waals surface area contributed by atoms with Gasteiger partial charge >= 0.3 is 0 Å². The van der Waals surface area contributed by atoms with Gasteiger partial charge in [-0.1, -0.05) is 6.92 Å². The zero-order chi connectivity index (χ0) is 16.2. The summed E-state index contributed by atoms with van der Waals surface area (Å²) in [5, 5.41) is 20.3. The number of hydrogen-bond acceptors (Lipinski definition) is 7. The fourth-order valence-electron chi connectivity index (χ4n) is 1.63. The van der Waals surface area contributed by atoms with E-state index in [1.54, 1.807) is 0 Å². The number of methoxy groups -OCH3 is 1. The summed E-state index contributed by atoms with van der Waals surface area (Å²) in [5.74, 6) is -0.190. The third kappa shape index (κ3) is 4.05. The number of non-ortho nitro benzene ring substituents is 1. The molecule has 0 heterocycles. The lowest BCUT2D eigenvalue weighted by atomic mass is 10.3. The molecule has 0 amide bonds. The summed E-state index contributed by atoms with van der Waals surface area (Å²) in [6.45, 7) is 2.72. The second-order valence-electron chi connectivity index (χ2n) is 4.27. The molecule has 21 heavy (non-hydrogen) atoms. The molecule has 1 aromatic carbocycles. The van der Waals surface area contributed by atoms with Crippen molar-refractivity contribution in [3.05, 3.63) is 28.3 Å². The van der Waals surface area contributed by atoms with Gasteiger partial charge in [0.15, 0.2) is 21.3 Å². The number of nitro groups is 1. The highest BCUT2D eigenvalue weighted by Crippen LogP contribution is 2.32. The van der Waals surface area contributed by atoms with Gasteiger partial charge in [-0.3, -0.25) is 10.1 Å². The molecule has 0 aromatic heterocycles. The molecule has 8 nitrogen and oxygen atoms in total. The molecule has 2 atom stereocenters. The van der Waals surface area contributed by atoms with Crippen molar-refractivity contribution in [1.82, 2.24) is 0 Å². The maximum absolute atomic E-state index is 11.9. The van der Waals surface area contributed by atoms with Gasteiger partial charge in [0.05, 0.1) is 23.9 Å². The molecule has 2 unspecified atom stereocenters. The van der Waals surface area contributed by atoms with E-state index in [1.807, 2.05) is 0 Å². The van der Waals surface area contributed by atoms with Crippen LogP contribution in [0, 0.1) is 10.1 Å². The molecule has 0 aliphatic rings. The predicted octanol–water partition coefficient (Wildman–Crippen LogP) is 1.12. The number of sulfone groups is 1. The summed E-state index contributed by atoms with van der Waals surface area (Å²) in [6, 6.07) is 3.51. The van der Waals surface area contributed by atoms with Crippen LogP contribution in [-0.2, 0) is 9.84 Å². The van der Waals surface area contributed by atoms with Gasteiger partial charge < -0.3 is 14.6 Å². The van der Waals surface area contributed by atoms with Gasteiger partial charge in [0.1, 0.15) is 6.10 Å². The minimum Gasteiger partial charge on any atom is -0.493 e. The van der Waals surface area contributed by atoms with Crippen molar-refractivity contribution >= 4 is 15.5 Å². The molecule has 0 aliphatic carbocycles. The van der Waals surface area contributed by atoms with Gasteiger partial charge in [0.25, 0.3) is 5.69 Å². The van der Waals surface area contributed by atoms with Gasteiger partial charge in [0.2, 0.25) is 5.44 Å². The van der Waals surface area contributed by atoms with E-state index >= 15 is 0 Å². The van der Waals surface area contributed by atoms with Crippen LogP contribution in [0.15, 0.2) is 18.2 Å². The van der Waals surface area contributed by atoms with Crippen LogP contribution in [0.4, 0.5) is 5.69 Å². The Morgan fingerprint density at radius 1 is 1.38 bits per heavy atom. The summed E-state index contributed by atoms with van der Waals surface area (Å²) in [5.41, 5.74) is -1.69. The normalized spacial score (nSPS) is 14.3. The van der Waals surface area contributed by atoms with E-state index in [4.69, 9.17) is 9.47 Å². The third-order valence-corrected chi connectivity index (χ3v) is 4.75. The van der Waals surface area contributed by atoms with E-state index in [1.165, 1.54) is 27.0 Å². The molecular formula is C12H17NO7S. The smallest absolute Gasteiger partial charge is 0.273 e. The number of hydrogen-bond donors (Lipinski definition) is 1. The lowest BCUT2D eigenvalue weighted by Crippen LogP contribution is -2.38. The van der Waals surface area contributed by atoms with Crippen molar-refractivity contribution in [3.8, 4) is 11.5 Å². The van der Waals surface area contributed by atoms with Gasteiger partial charge in [-0.2, -0.15) is 0 Å². The highest BCUT2D eigenvalue weighted by Gasteiger charge is 2.31. The number of benzene rings is 1. The molecule has 9 heteroatoms. The lowest BCUT2D eigenvalue weighted by molar-refractivity contribution is -0.385. The number of aliphatic hydroxyl groups excluding tert-OH is 1. The van der Waals surface area contributed by atoms with E-state index in [0.29, 0.717) is 0 Å². The van der Waals surface area contributed by atoms with Gasteiger partial charge in [-0.15, -0.1) is 0 Å². The Hall–Kier alpha value is -1.87. The monoisotopic (exact) mass is 319 g/mol. The summed E-state index contributed by atoms with van der Waals surface area (Å²) >= 11 is 0. The highest BCUT2D eigenvalue weighted by molar-refractivity contribution is 7.91. The van der Waals surface area contributed by atoms with Crippen molar-refractivity contribution in [3.63, 3.8) is 0 Å². The molecule has 1 rings (SSSR count). The average Bonchev–Trinajstić information content (AvgIpc) is 2.43. The first-order valence-corrected chi connectivity index (χ1v) is 7.83. The topological polar surface area (TPSA) is 116 Å². The lowest BCUT2D eigenvalue weighted by Gasteiger charge is -2.22. The first-order valence-electron chi connectivity index (χ1n) is 6.11. The largest absolute Gasteiger partial charge is 0.493 e. The summed E-state index contributed by atoms with van der Waals surface area (Å²) in [4.78, 5) is 10.1. The van der Waals surface area contributed by atoms with Crippen LogP contribution in [0.1, 0.15) is 13.8 Å². The second-order valence-corrected chi connectivity index (χ2v) is 6.64. The Bertz CT molecular complexity index is 612. The zero-order valence-electron chi connectivity index (χ0n) is 11.8. The van der Waals surface area contributed by atoms with Gasteiger partial charge in [-0.25, -0.2) is 8.42 Å².